The Morgan fingerprint density at radius 2 is 2.11 bits per heavy atom. The van der Waals surface area contributed by atoms with Crippen LogP contribution in [0.5, 0.6) is 0 Å². The molecular formula is C16H21NO2. The summed E-state index contributed by atoms with van der Waals surface area (Å²) in [5.41, 5.74) is 1.46. The number of fused-ring (bicyclic) bond motifs is 1. The molecule has 0 spiro atoms. The number of carbonyl (C=O) groups is 1. The lowest BCUT2D eigenvalue weighted by Crippen LogP contribution is -2.29. The van der Waals surface area contributed by atoms with Crippen LogP contribution in [0.3, 0.4) is 0 Å². The highest BCUT2D eigenvalue weighted by Gasteiger charge is 2.15. The van der Waals surface area contributed by atoms with E-state index in [2.05, 4.69) is 18.7 Å². The van der Waals surface area contributed by atoms with Crippen molar-refractivity contribution in [3.63, 3.8) is 0 Å². The van der Waals surface area contributed by atoms with E-state index in [4.69, 9.17) is 4.42 Å². The summed E-state index contributed by atoms with van der Waals surface area (Å²) in [6, 6.07) is 7.66. The molecule has 0 N–H and O–H groups in total. The fourth-order valence-corrected chi connectivity index (χ4v) is 2.25. The highest BCUT2D eigenvalue weighted by molar-refractivity contribution is 6.08. The van der Waals surface area contributed by atoms with E-state index in [1.54, 1.807) is 6.26 Å². The lowest BCUT2D eigenvalue weighted by Gasteiger charge is -2.19. The first-order valence-corrected chi connectivity index (χ1v) is 6.79. The number of likely N-dealkylation sites (N-methyl/N-ethyl adjacent to an activating group) is 1. The molecule has 3 nitrogen and oxygen atoms in total. The molecule has 2 aromatic rings. The Hall–Kier alpha value is -1.61. The predicted molar refractivity (Wildman–Crippen MR) is 77.5 cm³/mol. The van der Waals surface area contributed by atoms with Crippen LogP contribution < -0.4 is 0 Å². The zero-order valence-corrected chi connectivity index (χ0v) is 11.8. The first kappa shape index (κ1) is 13.8. The van der Waals surface area contributed by atoms with Gasteiger partial charge in [-0.1, -0.05) is 38.5 Å². The van der Waals surface area contributed by atoms with Crippen LogP contribution in [-0.4, -0.2) is 30.8 Å². The van der Waals surface area contributed by atoms with E-state index in [9.17, 15) is 4.79 Å². The summed E-state index contributed by atoms with van der Waals surface area (Å²) in [5, 5.41) is 0.907. The number of rotatable bonds is 6. The number of Topliss-reactive ketones (excluding diaryl/α,β-unsaturated/α-hetero) is 1. The van der Waals surface area contributed by atoms with Crippen molar-refractivity contribution in [1.82, 2.24) is 4.90 Å². The number of carbonyl (C=O) groups excluding carboxylic acids is 1. The van der Waals surface area contributed by atoms with Crippen LogP contribution in [0, 0.1) is 5.92 Å². The molecule has 19 heavy (non-hydrogen) atoms. The normalized spacial score (nSPS) is 13.1. The summed E-state index contributed by atoms with van der Waals surface area (Å²) in [6.45, 7) is 5.75. The van der Waals surface area contributed by atoms with E-state index < -0.39 is 0 Å². The zero-order valence-electron chi connectivity index (χ0n) is 11.8. The molecule has 3 heteroatoms. The van der Waals surface area contributed by atoms with E-state index in [-0.39, 0.29) is 5.78 Å². The minimum absolute atomic E-state index is 0.121. The molecular weight excluding hydrogens is 238 g/mol. The lowest BCUT2D eigenvalue weighted by atomic mass is 10.1. The van der Waals surface area contributed by atoms with Gasteiger partial charge >= 0.3 is 0 Å². The molecule has 0 aliphatic heterocycles. The molecule has 0 radical (unpaired) electrons. The van der Waals surface area contributed by atoms with Crippen molar-refractivity contribution in [2.24, 2.45) is 5.92 Å². The van der Waals surface area contributed by atoms with Crippen LogP contribution >= 0.6 is 0 Å². The van der Waals surface area contributed by atoms with Gasteiger partial charge in [0.25, 0.3) is 0 Å². The van der Waals surface area contributed by atoms with Gasteiger partial charge in [-0.3, -0.25) is 9.69 Å². The average Bonchev–Trinajstić information content (AvgIpc) is 2.82. The van der Waals surface area contributed by atoms with Gasteiger partial charge in [0.2, 0.25) is 0 Å². The maximum Gasteiger partial charge on any atom is 0.180 e. The van der Waals surface area contributed by atoms with Crippen molar-refractivity contribution >= 4 is 16.8 Å². The zero-order chi connectivity index (χ0) is 13.8. The van der Waals surface area contributed by atoms with Crippen LogP contribution in [0.4, 0.5) is 0 Å². The molecule has 0 bridgehead atoms. The first-order valence-electron chi connectivity index (χ1n) is 6.79. The smallest absolute Gasteiger partial charge is 0.180 e. The second kappa shape index (κ2) is 6.02. The van der Waals surface area contributed by atoms with Crippen LogP contribution in [0.2, 0.25) is 0 Å². The lowest BCUT2D eigenvalue weighted by molar-refractivity contribution is 0.0939. The molecule has 0 saturated carbocycles. The third-order valence-corrected chi connectivity index (χ3v) is 3.52. The third kappa shape index (κ3) is 3.24. The molecule has 0 fully saturated rings. The van der Waals surface area contributed by atoms with Gasteiger partial charge in [-0.25, -0.2) is 0 Å². The number of nitrogens with zero attached hydrogens (tertiary/aromatic N) is 1. The Morgan fingerprint density at radius 1 is 1.37 bits per heavy atom. The molecule has 102 valence electrons. The topological polar surface area (TPSA) is 33.5 Å². The number of hydrogen-bond donors (Lipinski definition) is 0. The second-order valence-electron chi connectivity index (χ2n) is 5.28. The van der Waals surface area contributed by atoms with E-state index in [0.29, 0.717) is 18.0 Å². The number of furan rings is 1. The Labute approximate surface area is 114 Å². The maximum absolute atomic E-state index is 12.3. The Bertz CT molecular complexity index is 559. The summed E-state index contributed by atoms with van der Waals surface area (Å²) in [6.07, 6.45) is 2.71. The largest absolute Gasteiger partial charge is 0.464 e. The molecule has 1 aromatic carbocycles. The van der Waals surface area contributed by atoms with Crippen molar-refractivity contribution in [2.45, 2.75) is 20.3 Å². The van der Waals surface area contributed by atoms with Crippen LogP contribution in [0.1, 0.15) is 30.6 Å². The van der Waals surface area contributed by atoms with Crippen molar-refractivity contribution in [3.05, 3.63) is 36.1 Å². The summed E-state index contributed by atoms with van der Waals surface area (Å²) in [4.78, 5) is 14.4. The van der Waals surface area contributed by atoms with Gasteiger partial charge in [0, 0.05) is 11.9 Å². The first-order chi connectivity index (χ1) is 9.11. The number of ketones is 1. The molecule has 2 rings (SSSR count). The fraction of sp³-hybridized carbons (Fsp3) is 0.438. The predicted octanol–water partition coefficient (Wildman–Crippen LogP) is 3.59. The van der Waals surface area contributed by atoms with Crippen LogP contribution in [-0.2, 0) is 0 Å². The van der Waals surface area contributed by atoms with Gasteiger partial charge in [0.15, 0.2) is 5.78 Å². The molecule has 1 heterocycles. The van der Waals surface area contributed by atoms with Crippen molar-refractivity contribution in [3.8, 4) is 0 Å². The minimum Gasteiger partial charge on any atom is -0.464 e. The van der Waals surface area contributed by atoms with E-state index in [1.165, 1.54) is 0 Å². The fourth-order valence-electron chi connectivity index (χ4n) is 2.25. The summed E-state index contributed by atoms with van der Waals surface area (Å²) < 4.78 is 5.41. The number of benzene rings is 1. The number of para-hydroxylation sites is 1. The molecule has 0 aliphatic carbocycles. The van der Waals surface area contributed by atoms with Gasteiger partial charge in [0.05, 0.1) is 12.1 Å². The molecule has 0 amide bonds. The molecule has 0 saturated heterocycles. The second-order valence-corrected chi connectivity index (χ2v) is 5.28. The Kier molecular flexibility index (Phi) is 4.38. The summed E-state index contributed by atoms with van der Waals surface area (Å²) >= 11 is 0. The third-order valence-electron chi connectivity index (χ3n) is 3.52. The van der Waals surface area contributed by atoms with Gasteiger partial charge in [-0.2, -0.15) is 0 Å². The number of hydrogen-bond acceptors (Lipinski definition) is 3. The highest BCUT2D eigenvalue weighted by atomic mass is 16.3. The van der Waals surface area contributed by atoms with Crippen molar-refractivity contribution < 1.29 is 9.21 Å². The maximum atomic E-state index is 12.3. The van der Waals surface area contributed by atoms with Gasteiger partial charge in [-0.15, -0.1) is 0 Å². The minimum atomic E-state index is 0.121. The van der Waals surface area contributed by atoms with Gasteiger partial charge in [0.1, 0.15) is 11.8 Å². The Morgan fingerprint density at radius 3 is 2.84 bits per heavy atom. The molecule has 0 aliphatic rings. The van der Waals surface area contributed by atoms with Crippen LogP contribution in [0.25, 0.3) is 11.0 Å². The summed E-state index contributed by atoms with van der Waals surface area (Å²) in [7, 11) is 1.99. The van der Waals surface area contributed by atoms with Crippen molar-refractivity contribution in [1.29, 1.82) is 0 Å². The SMILES string of the molecule is CCC(C)CN(C)CC(=O)c1coc2ccccc12. The molecule has 1 unspecified atom stereocenters. The molecule has 1 atom stereocenters. The summed E-state index contributed by atoms with van der Waals surface area (Å²) in [5.74, 6) is 0.731. The average molecular weight is 259 g/mol. The standard InChI is InChI=1S/C16H21NO2/c1-4-12(2)9-17(3)10-15(18)14-11-19-16-8-6-5-7-13(14)16/h5-8,11-12H,4,9-10H2,1-3H3. The van der Waals surface area contributed by atoms with Crippen molar-refractivity contribution in [2.75, 3.05) is 20.1 Å². The molecule has 1 aromatic heterocycles. The highest BCUT2D eigenvalue weighted by Crippen LogP contribution is 2.21. The van der Waals surface area contributed by atoms with Gasteiger partial charge in [-0.05, 0) is 19.0 Å². The monoisotopic (exact) mass is 259 g/mol. The van der Waals surface area contributed by atoms with E-state index >= 15 is 0 Å². The van der Waals surface area contributed by atoms with E-state index in [1.807, 2.05) is 31.3 Å². The Balaban J connectivity index is 2.08. The van der Waals surface area contributed by atoms with Gasteiger partial charge < -0.3 is 4.42 Å². The van der Waals surface area contributed by atoms with E-state index in [0.717, 1.165) is 23.9 Å². The van der Waals surface area contributed by atoms with Crippen LogP contribution in [0.15, 0.2) is 34.9 Å². The quantitative estimate of drug-likeness (QED) is 0.743.